The number of amides is 1. The molecular weight excluding hydrogens is 294 g/mol. The minimum absolute atomic E-state index is 0.0656. The number of carbonyl (C=O) groups excluding carboxylic acids is 1. The molecule has 2 aromatic rings. The van der Waals surface area contributed by atoms with E-state index in [0.29, 0.717) is 10.6 Å². The van der Waals surface area contributed by atoms with E-state index in [1.54, 1.807) is 24.3 Å². The molecule has 1 amide bonds. The van der Waals surface area contributed by atoms with E-state index in [2.05, 4.69) is 15.3 Å². The number of ether oxygens (including phenoxy) is 1. The number of aromatic amines is 1. The molecule has 1 aromatic carbocycles. The molecule has 2 N–H and O–H groups in total. The lowest BCUT2D eigenvalue weighted by Gasteiger charge is -2.24. The molecule has 1 unspecified atom stereocenters. The van der Waals surface area contributed by atoms with E-state index in [1.165, 1.54) is 7.11 Å². The highest BCUT2D eigenvalue weighted by Gasteiger charge is 2.30. The summed E-state index contributed by atoms with van der Waals surface area (Å²) in [5, 5.41) is 3.21. The van der Waals surface area contributed by atoms with Crippen LogP contribution in [0.25, 0.3) is 0 Å². The Kier molecular flexibility index (Phi) is 3.39. The van der Waals surface area contributed by atoms with Gasteiger partial charge in [0.1, 0.15) is 5.82 Å². The first-order chi connectivity index (χ1) is 10.1. The van der Waals surface area contributed by atoms with E-state index in [-0.39, 0.29) is 35.6 Å². The Labute approximate surface area is 125 Å². The van der Waals surface area contributed by atoms with Crippen molar-refractivity contribution in [3.05, 3.63) is 50.8 Å². The van der Waals surface area contributed by atoms with Crippen molar-refractivity contribution < 1.29 is 9.53 Å². The van der Waals surface area contributed by atoms with Crippen LogP contribution in [0.15, 0.2) is 29.1 Å². The van der Waals surface area contributed by atoms with Crippen molar-refractivity contribution in [1.82, 2.24) is 9.97 Å². The summed E-state index contributed by atoms with van der Waals surface area (Å²) in [7, 11) is 1.39. The fourth-order valence-electron chi connectivity index (χ4n) is 2.43. The van der Waals surface area contributed by atoms with E-state index in [9.17, 15) is 9.59 Å². The second-order valence-corrected chi connectivity index (χ2v) is 5.13. The Morgan fingerprint density at radius 2 is 2.00 bits per heavy atom. The van der Waals surface area contributed by atoms with Crippen LogP contribution in [0.5, 0.6) is 6.01 Å². The molecule has 7 heteroatoms. The topological polar surface area (TPSA) is 84.1 Å². The number of carbonyl (C=O) groups is 1. The molecule has 1 aliphatic heterocycles. The van der Waals surface area contributed by atoms with Gasteiger partial charge in [0.25, 0.3) is 11.6 Å². The van der Waals surface area contributed by atoms with Crippen molar-refractivity contribution >= 4 is 23.3 Å². The van der Waals surface area contributed by atoms with Gasteiger partial charge in [0.05, 0.1) is 12.7 Å². The van der Waals surface area contributed by atoms with Gasteiger partial charge in [0.15, 0.2) is 0 Å². The Hall–Kier alpha value is -2.34. The van der Waals surface area contributed by atoms with Crippen LogP contribution in [0.4, 0.5) is 5.82 Å². The highest BCUT2D eigenvalue weighted by molar-refractivity contribution is 6.30. The third-order valence-corrected chi connectivity index (χ3v) is 3.65. The molecule has 0 bridgehead atoms. The van der Waals surface area contributed by atoms with Gasteiger partial charge in [0.2, 0.25) is 5.91 Å². The number of aromatic nitrogens is 2. The quantitative estimate of drug-likeness (QED) is 0.887. The Bertz CT molecular complexity index is 755. The average molecular weight is 306 g/mol. The summed E-state index contributed by atoms with van der Waals surface area (Å²) in [5.74, 6) is -0.303. The molecule has 0 spiro atoms. The summed E-state index contributed by atoms with van der Waals surface area (Å²) in [6, 6.07) is 7.14. The van der Waals surface area contributed by atoms with Gasteiger partial charge in [-0.15, -0.1) is 0 Å². The predicted octanol–water partition coefficient (Wildman–Crippen LogP) is 1.91. The number of nitrogens with one attached hydrogen (secondary N) is 2. The maximum Gasteiger partial charge on any atom is 0.298 e. The highest BCUT2D eigenvalue weighted by Crippen LogP contribution is 2.34. The number of anilines is 1. The summed E-state index contributed by atoms with van der Waals surface area (Å²) in [6.45, 7) is 0. The number of hydrogen-bond donors (Lipinski definition) is 2. The summed E-state index contributed by atoms with van der Waals surface area (Å²) in [4.78, 5) is 30.8. The number of halogens is 1. The van der Waals surface area contributed by atoms with Gasteiger partial charge < -0.3 is 10.1 Å². The molecule has 1 aliphatic rings. The van der Waals surface area contributed by atoms with Crippen molar-refractivity contribution in [1.29, 1.82) is 0 Å². The summed E-state index contributed by atoms with van der Waals surface area (Å²) in [5.41, 5.74) is 0.947. The monoisotopic (exact) mass is 305 g/mol. The zero-order valence-corrected chi connectivity index (χ0v) is 11.9. The molecule has 0 aliphatic carbocycles. The number of rotatable bonds is 2. The first kappa shape index (κ1) is 13.6. The number of benzene rings is 1. The molecule has 1 atom stereocenters. The molecule has 0 fully saturated rings. The van der Waals surface area contributed by atoms with Crippen LogP contribution in [0.3, 0.4) is 0 Å². The van der Waals surface area contributed by atoms with E-state index in [4.69, 9.17) is 16.3 Å². The van der Waals surface area contributed by atoms with Crippen LogP contribution in [-0.2, 0) is 4.79 Å². The van der Waals surface area contributed by atoms with Gasteiger partial charge in [-0.05, 0) is 17.7 Å². The molecule has 0 radical (unpaired) electrons. The molecule has 0 saturated carbocycles. The molecule has 21 heavy (non-hydrogen) atoms. The second kappa shape index (κ2) is 5.21. The van der Waals surface area contributed by atoms with Crippen LogP contribution in [0, 0.1) is 0 Å². The SMILES string of the molecule is COc1nc2c(c(=O)[nH]1)C(c1ccc(Cl)cc1)CC(=O)N2. The van der Waals surface area contributed by atoms with Crippen LogP contribution >= 0.6 is 11.6 Å². The third-order valence-electron chi connectivity index (χ3n) is 3.40. The molecule has 3 rings (SSSR count). The lowest BCUT2D eigenvalue weighted by atomic mass is 9.87. The van der Waals surface area contributed by atoms with Crippen molar-refractivity contribution in [3.8, 4) is 6.01 Å². The van der Waals surface area contributed by atoms with Crippen LogP contribution in [-0.4, -0.2) is 23.0 Å². The predicted molar refractivity (Wildman–Crippen MR) is 78.0 cm³/mol. The number of fused-ring (bicyclic) bond motifs is 1. The minimum Gasteiger partial charge on any atom is -0.468 e. The summed E-state index contributed by atoms with van der Waals surface area (Å²) in [6.07, 6.45) is 0.186. The van der Waals surface area contributed by atoms with Gasteiger partial charge in [0, 0.05) is 17.4 Å². The van der Waals surface area contributed by atoms with E-state index in [0.717, 1.165) is 5.56 Å². The van der Waals surface area contributed by atoms with Gasteiger partial charge in [-0.3, -0.25) is 14.6 Å². The maximum absolute atomic E-state index is 12.2. The van der Waals surface area contributed by atoms with Gasteiger partial charge >= 0.3 is 0 Å². The van der Waals surface area contributed by atoms with Crippen LogP contribution < -0.4 is 15.6 Å². The highest BCUT2D eigenvalue weighted by atomic mass is 35.5. The van der Waals surface area contributed by atoms with E-state index < -0.39 is 0 Å². The average Bonchev–Trinajstić information content (AvgIpc) is 2.46. The fourth-order valence-corrected chi connectivity index (χ4v) is 2.55. The Morgan fingerprint density at radius 1 is 1.29 bits per heavy atom. The largest absolute Gasteiger partial charge is 0.468 e. The molecule has 6 nitrogen and oxygen atoms in total. The number of methoxy groups -OCH3 is 1. The first-order valence-electron chi connectivity index (χ1n) is 6.32. The number of nitrogens with zero attached hydrogens (tertiary/aromatic N) is 1. The minimum atomic E-state index is -0.354. The smallest absolute Gasteiger partial charge is 0.298 e. The zero-order chi connectivity index (χ0) is 15.0. The molecule has 108 valence electrons. The Balaban J connectivity index is 2.15. The molecule has 0 saturated heterocycles. The lowest BCUT2D eigenvalue weighted by Crippen LogP contribution is -2.31. The fraction of sp³-hybridized carbons (Fsp3) is 0.214. The van der Waals surface area contributed by atoms with Gasteiger partial charge in [-0.2, -0.15) is 4.98 Å². The Morgan fingerprint density at radius 3 is 2.67 bits per heavy atom. The molecule has 1 aromatic heterocycles. The maximum atomic E-state index is 12.2. The first-order valence-corrected chi connectivity index (χ1v) is 6.70. The van der Waals surface area contributed by atoms with Crippen molar-refractivity contribution in [3.63, 3.8) is 0 Å². The molecule has 2 heterocycles. The van der Waals surface area contributed by atoms with Gasteiger partial charge in [-0.25, -0.2) is 0 Å². The van der Waals surface area contributed by atoms with Crippen LogP contribution in [0.2, 0.25) is 5.02 Å². The van der Waals surface area contributed by atoms with Crippen molar-refractivity contribution in [2.45, 2.75) is 12.3 Å². The van der Waals surface area contributed by atoms with Crippen molar-refractivity contribution in [2.24, 2.45) is 0 Å². The molecular formula is C14H12ClN3O3. The lowest BCUT2D eigenvalue weighted by molar-refractivity contribution is -0.116. The number of H-pyrrole nitrogens is 1. The standard InChI is InChI=1S/C14H12ClN3O3/c1-21-14-17-12-11(13(20)18-14)9(6-10(19)16-12)7-2-4-8(15)5-3-7/h2-5,9H,6H2,1H3,(H2,16,17,18,19,20). The number of hydrogen-bond acceptors (Lipinski definition) is 4. The zero-order valence-electron chi connectivity index (χ0n) is 11.1. The van der Waals surface area contributed by atoms with Gasteiger partial charge in [-0.1, -0.05) is 23.7 Å². The van der Waals surface area contributed by atoms with E-state index >= 15 is 0 Å². The van der Waals surface area contributed by atoms with E-state index in [1.807, 2.05) is 0 Å². The summed E-state index contributed by atoms with van der Waals surface area (Å²) >= 11 is 5.87. The summed E-state index contributed by atoms with van der Waals surface area (Å²) < 4.78 is 4.92. The van der Waals surface area contributed by atoms with Crippen molar-refractivity contribution in [2.75, 3.05) is 12.4 Å². The normalized spacial score (nSPS) is 17.0. The second-order valence-electron chi connectivity index (χ2n) is 4.69. The third kappa shape index (κ3) is 2.50. The van der Waals surface area contributed by atoms with Crippen LogP contribution in [0.1, 0.15) is 23.5 Å².